The van der Waals surface area contributed by atoms with Crippen LogP contribution in [0.3, 0.4) is 0 Å². The number of hydrogen-bond acceptors (Lipinski definition) is 6. The van der Waals surface area contributed by atoms with Gasteiger partial charge in [-0.1, -0.05) is 23.2 Å². The van der Waals surface area contributed by atoms with Crippen LogP contribution in [-0.4, -0.2) is 83.4 Å². The van der Waals surface area contributed by atoms with Crippen molar-refractivity contribution in [2.24, 2.45) is 5.41 Å². The third-order valence-electron chi connectivity index (χ3n) is 6.92. The van der Waals surface area contributed by atoms with Crippen LogP contribution in [0.15, 0.2) is 18.2 Å². The molecular weight excluding hydrogens is 455 g/mol. The third-order valence-corrected chi connectivity index (χ3v) is 7.66. The molecule has 1 aromatic rings. The van der Waals surface area contributed by atoms with Crippen LogP contribution in [0.2, 0.25) is 10.0 Å². The summed E-state index contributed by atoms with van der Waals surface area (Å²) in [6.45, 7) is 5.96. The van der Waals surface area contributed by atoms with E-state index in [1.165, 1.54) is 11.1 Å². The number of piperazine rings is 1. The van der Waals surface area contributed by atoms with Crippen LogP contribution in [-0.2, 0) is 9.63 Å². The van der Waals surface area contributed by atoms with Gasteiger partial charge in [0.25, 0.3) is 0 Å². The second kappa shape index (κ2) is 9.73. The van der Waals surface area contributed by atoms with Crippen LogP contribution >= 0.6 is 23.2 Å². The maximum Gasteiger partial charge on any atom is 0.430 e. The minimum atomic E-state index is -0.687. The lowest BCUT2D eigenvalue weighted by Crippen LogP contribution is -2.56. The Balaban J connectivity index is 1.19. The summed E-state index contributed by atoms with van der Waals surface area (Å²) in [5.74, 6) is -0.0609. The van der Waals surface area contributed by atoms with Crippen LogP contribution in [0.5, 0.6) is 0 Å². The number of carbonyl (C=O) groups is 2. The lowest BCUT2D eigenvalue weighted by atomic mass is 9.90. The van der Waals surface area contributed by atoms with Gasteiger partial charge in [0.05, 0.1) is 22.7 Å². The van der Waals surface area contributed by atoms with Crippen LogP contribution in [0.4, 0.5) is 10.5 Å². The Morgan fingerprint density at radius 3 is 2.66 bits per heavy atom. The Morgan fingerprint density at radius 1 is 1.19 bits per heavy atom. The summed E-state index contributed by atoms with van der Waals surface area (Å²) in [6.07, 6.45) is 3.35. The van der Waals surface area contributed by atoms with E-state index in [0.29, 0.717) is 35.4 Å². The molecule has 2 amide bonds. The Labute approximate surface area is 198 Å². The summed E-state index contributed by atoms with van der Waals surface area (Å²) in [4.78, 5) is 34.5. The summed E-state index contributed by atoms with van der Waals surface area (Å²) >= 11 is 11.8. The first kappa shape index (κ1) is 23.6. The molecule has 2 aliphatic heterocycles. The maximum absolute atomic E-state index is 12.8. The number of likely N-dealkylation sites (tertiary alicyclic amines) is 1. The second-order valence-electron chi connectivity index (χ2n) is 9.06. The number of hydrogen-bond donors (Lipinski definition) is 2. The second-order valence-corrected chi connectivity index (χ2v) is 9.87. The lowest BCUT2D eigenvalue weighted by Gasteiger charge is -2.39. The van der Waals surface area contributed by atoms with E-state index in [4.69, 9.17) is 28.0 Å². The number of amides is 2. The Hall–Kier alpha value is -1.58. The first-order valence-corrected chi connectivity index (χ1v) is 11.9. The molecule has 0 radical (unpaired) electrons. The van der Waals surface area contributed by atoms with E-state index in [0.717, 1.165) is 45.3 Å². The van der Waals surface area contributed by atoms with Crippen LogP contribution in [0.25, 0.3) is 0 Å². The summed E-state index contributed by atoms with van der Waals surface area (Å²) in [7, 11) is 0. The summed E-state index contributed by atoms with van der Waals surface area (Å²) in [5, 5.41) is 15.1. The third kappa shape index (κ3) is 5.31. The highest BCUT2D eigenvalue weighted by molar-refractivity contribution is 6.42. The first-order valence-electron chi connectivity index (χ1n) is 11.2. The van der Waals surface area contributed by atoms with Gasteiger partial charge in [-0.25, -0.2) is 4.79 Å². The smallest absolute Gasteiger partial charge is 0.391 e. The average molecular weight is 485 g/mol. The molecule has 1 aromatic carbocycles. The predicted octanol–water partition coefficient (Wildman–Crippen LogP) is 3.23. The van der Waals surface area contributed by atoms with Crippen molar-refractivity contribution in [3.63, 3.8) is 0 Å². The van der Waals surface area contributed by atoms with E-state index >= 15 is 0 Å². The van der Waals surface area contributed by atoms with Crippen molar-refractivity contribution in [1.82, 2.24) is 14.9 Å². The van der Waals surface area contributed by atoms with Gasteiger partial charge in [0.2, 0.25) is 5.91 Å². The molecule has 0 aromatic heterocycles. The van der Waals surface area contributed by atoms with Gasteiger partial charge in [0.1, 0.15) is 6.04 Å². The van der Waals surface area contributed by atoms with Crippen molar-refractivity contribution in [2.75, 3.05) is 44.6 Å². The van der Waals surface area contributed by atoms with E-state index in [1.807, 2.05) is 4.90 Å². The number of anilines is 1. The van der Waals surface area contributed by atoms with E-state index in [9.17, 15) is 14.7 Å². The topological polar surface area (TPSA) is 85.3 Å². The summed E-state index contributed by atoms with van der Waals surface area (Å²) < 4.78 is 0. The molecule has 3 aliphatic rings. The van der Waals surface area contributed by atoms with E-state index in [1.54, 1.807) is 19.1 Å². The molecule has 8 nitrogen and oxygen atoms in total. The molecule has 2 heterocycles. The minimum absolute atomic E-state index is 0.0609. The zero-order valence-electron chi connectivity index (χ0n) is 18.2. The molecule has 2 saturated heterocycles. The Bertz CT molecular complexity index is 866. The Morgan fingerprint density at radius 2 is 1.97 bits per heavy atom. The van der Waals surface area contributed by atoms with Gasteiger partial charge in [-0.15, -0.1) is 5.06 Å². The zero-order valence-corrected chi connectivity index (χ0v) is 19.7. The number of piperidine rings is 1. The number of β-amino-alcohol motifs (C(OH)–C–C–N with tert-alkyl or cyclic N) is 1. The van der Waals surface area contributed by atoms with Crippen molar-refractivity contribution in [1.29, 1.82) is 0 Å². The molecule has 4 rings (SSSR count). The largest absolute Gasteiger partial charge is 0.430 e. The van der Waals surface area contributed by atoms with Gasteiger partial charge in [0.15, 0.2) is 0 Å². The number of aliphatic hydroxyl groups is 1. The standard InChI is InChI=1S/C22H30Cl2N4O4/c1-15-20(30)27(9-2-8-26-10-7-22(5-6-22)19(29)14-26)11-12-28(15)32-21(31)25-16-3-4-17(23)18(24)13-16/h3-4,13,15,19,29H,2,5-12,14H2,1H3,(H,25,31)/t15-,19+/m0/s1. The van der Waals surface area contributed by atoms with E-state index in [-0.39, 0.29) is 17.4 Å². The molecule has 176 valence electrons. The van der Waals surface area contributed by atoms with E-state index < -0.39 is 12.1 Å². The van der Waals surface area contributed by atoms with E-state index in [2.05, 4.69) is 10.2 Å². The molecule has 10 heteroatoms. The molecule has 0 bridgehead atoms. The van der Waals surface area contributed by atoms with Gasteiger partial charge < -0.3 is 19.7 Å². The molecule has 1 saturated carbocycles. The molecule has 32 heavy (non-hydrogen) atoms. The lowest BCUT2D eigenvalue weighted by molar-refractivity contribution is -0.174. The van der Waals surface area contributed by atoms with Crippen LogP contribution in [0.1, 0.15) is 32.6 Å². The molecule has 2 atom stereocenters. The van der Waals surface area contributed by atoms with Crippen molar-refractivity contribution in [3.05, 3.63) is 28.2 Å². The highest BCUT2D eigenvalue weighted by Crippen LogP contribution is 2.53. The van der Waals surface area contributed by atoms with Gasteiger partial charge >= 0.3 is 6.09 Å². The number of carbonyl (C=O) groups excluding carboxylic acids is 2. The fraction of sp³-hybridized carbons (Fsp3) is 0.636. The van der Waals surface area contributed by atoms with Crippen molar-refractivity contribution in [3.8, 4) is 0 Å². The molecule has 0 unspecified atom stereocenters. The summed E-state index contributed by atoms with van der Waals surface area (Å²) in [5.41, 5.74) is 0.669. The number of hydroxylamine groups is 2. The first-order chi connectivity index (χ1) is 15.3. The number of aliphatic hydroxyl groups excluding tert-OH is 1. The van der Waals surface area contributed by atoms with Crippen molar-refractivity contribution in [2.45, 2.75) is 44.8 Å². The molecule has 1 aliphatic carbocycles. The fourth-order valence-electron chi connectivity index (χ4n) is 4.59. The normalized spacial score (nSPS) is 25.8. The SMILES string of the molecule is C[C@H]1C(=O)N(CCCN2CCC3(CC3)[C@H](O)C2)CCN1OC(=O)Nc1ccc(Cl)c(Cl)c1. The molecule has 2 N–H and O–H groups in total. The summed E-state index contributed by atoms with van der Waals surface area (Å²) in [6, 6.07) is 4.17. The Kier molecular flexibility index (Phi) is 7.17. The fourth-order valence-corrected chi connectivity index (χ4v) is 4.89. The average Bonchev–Trinajstić information content (AvgIpc) is 3.54. The van der Waals surface area contributed by atoms with Crippen molar-refractivity contribution >= 4 is 40.9 Å². The quantitative estimate of drug-likeness (QED) is 0.644. The molecule has 1 spiro atoms. The van der Waals surface area contributed by atoms with Gasteiger partial charge in [-0.3, -0.25) is 10.1 Å². The predicted molar refractivity (Wildman–Crippen MR) is 123 cm³/mol. The van der Waals surface area contributed by atoms with Gasteiger partial charge in [-0.2, -0.15) is 0 Å². The van der Waals surface area contributed by atoms with Gasteiger partial charge in [-0.05, 0) is 69.3 Å². The number of nitrogens with zero attached hydrogens (tertiary/aromatic N) is 3. The van der Waals surface area contributed by atoms with Gasteiger partial charge in [0, 0.05) is 25.3 Å². The van der Waals surface area contributed by atoms with Crippen LogP contribution < -0.4 is 5.32 Å². The maximum atomic E-state index is 12.8. The zero-order chi connectivity index (χ0) is 22.9. The highest BCUT2D eigenvalue weighted by Gasteiger charge is 2.51. The molecule has 3 fully saturated rings. The monoisotopic (exact) mass is 484 g/mol. The number of halogens is 2. The molecular formula is C22H30Cl2N4O4. The number of benzene rings is 1. The number of rotatable bonds is 6. The highest BCUT2D eigenvalue weighted by atomic mass is 35.5. The number of nitrogens with one attached hydrogen (secondary N) is 1. The van der Waals surface area contributed by atoms with Crippen molar-refractivity contribution < 1.29 is 19.5 Å². The van der Waals surface area contributed by atoms with Crippen LogP contribution in [0, 0.1) is 5.41 Å². The minimum Gasteiger partial charge on any atom is -0.391 e.